The molecule has 0 aromatic heterocycles. The number of nitrogens with one attached hydrogen (secondary N) is 1. The second kappa shape index (κ2) is 7.12. The maximum atomic E-state index is 5.51. The van der Waals surface area contributed by atoms with E-state index in [4.69, 9.17) is 9.47 Å². The van der Waals surface area contributed by atoms with E-state index in [9.17, 15) is 0 Å². The molecule has 0 saturated heterocycles. The van der Waals surface area contributed by atoms with Crippen LogP contribution >= 0.6 is 0 Å². The molecule has 1 aromatic rings. The van der Waals surface area contributed by atoms with Crippen LogP contribution in [-0.4, -0.2) is 26.4 Å². The quantitative estimate of drug-likeness (QED) is 0.771. The molecule has 0 aliphatic carbocycles. The van der Waals surface area contributed by atoms with Crippen LogP contribution in [0.4, 0.5) is 5.69 Å². The van der Waals surface area contributed by atoms with Gasteiger partial charge in [-0.3, -0.25) is 0 Å². The zero-order valence-electron chi connectivity index (χ0n) is 10.3. The monoisotopic (exact) mass is 223 g/mol. The van der Waals surface area contributed by atoms with Gasteiger partial charge in [0.05, 0.1) is 13.2 Å². The molecule has 90 valence electrons. The first kappa shape index (κ1) is 12.8. The molecule has 1 rings (SSSR count). The van der Waals surface area contributed by atoms with Gasteiger partial charge in [0, 0.05) is 18.8 Å². The number of hydrogen-bond acceptors (Lipinski definition) is 3. The smallest absolute Gasteiger partial charge is 0.119 e. The van der Waals surface area contributed by atoms with E-state index >= 15 is 0 Å². The summed E-state index contributed by atoms with van der Waals surface area (Å²) in [4.78, 5) is 0. The van der Waals surface area contributed by atoms with Crippen LogP contribution in [0, 0.1) is 0 Å². The summed E-state index contributed by atoms with van der Waals surface area (Å²) >= 11 is 0. The molecule has 1 N–H and O–H groups in total. The average Bonchev–Trinajstić information content (AvgIpc) is 2.28. The molecule has 0 spiro atoms. The molecule has 0 saturated carbocycles. The Bertz CT molecular complexity index is 284. The van der Waals surface area contributed by atoms with E-state index in [-0.39, 0.29) is 0 Å². The summed E-state index contributed by atoms with van der Waals surface area (Å²) in [7, 11) is 1.71. The molecule has 16 heavy (non-hydrogen) atoms. The van der Waals surface area contributed by atoms with Crippen molar-refractivity contribution >= 4 is 5.69 Å². The Balaban J connectivity index is 2.44. The Morgan fingerprint density at radius 2 is 1.94 bits per heavy atom. The summed E-state index contributed by atoms with van der Waals surface area (Å²) < 4.78 is 10.6. The fourth-order valence-electron chi connectivity index (χ4n) is 1.44. The molecule has 1 unspecified atom stereocenters. The molecule has 3 nitrogen and oxygen atoms in total. The van der Waals surface area contributed by atoms with Gasteiger partial charge in [0.25, 0.3) is 0 Å². The summed E-state index contributed by atoms with van der Waals surface area (Å²) in [5.41, 5.74) is 1.09. The minimum Gasteiger partial charge on any atom is -0.494 e. The Morgan fingerprint density at radius 1 is 1.25 bits per heavy atom. The molecule has 1 aromatic carbocycles. The first-order valence-corrected chi connectivity index (χ1v) is 5.74. The highest BCUT2D eigenvalue weighted by Crippen LogP contribution is 2.16. The van der Waals surface area contributed by atoms with E-state index < -0.39 is 0 Å². The van der Waals surface area contributed by atoms with Crippen molar-refractivity contribution in [3.63, 3.8) is 0 Å². The lowest BCUT2D eigenvalue weighted by molar-refractivity contribution is 0.190. The van der Waals surface area contributed by atoms with Crippen molar-refractivity contribution in [3.8, 4) is 5.75 Å². The first-order valence-electron chi connectivity index (χ1n) is 5.74. The molecular weight excluding hydrogens is 202 g/mol. The molecule has 0 aliphatic heterocycles. The zero-order valence-corrected chi connectivity index (χ0v) is 10.3. The first-order chi connectivity index (χ1) is 7.76. The molecule has 0 aliphatic rings. The van der Waals surface area contributed by atoms with Gasteiger partial charge < -0.3 is 14.8 Å². The standard InChI is InChI=1S/C13H21NO2/c1-4-9-16-13-7-5-12(6-8-13)14-11(2)10-15-3/h5-8,11,14H,4,9-10H2,1-3H3. The van der Waals surface area contributed by atoms with Crippen LogP contribution in [0.5, 0.6) is 5.75 Å². The predicted octanol–water partition coefficient (Wildman–Crippen LogP) is 2.92. The predicted molar refractivity (Wildman–Crippen MR) is 67.2 cm³/mol. The molecule has 3 heteroatoms. The maximum Gasteiger partial charge on any atom is 0.119 e. The number of benzene rings is 1. The highest BCUT2D eigenvalue weighted by Gasteiger charge is 2.01. The van der Waals surface area contributed by atoms with Crippen LogP contribution < -0.4 is 10.1 Å². The second-order valence-corrected chi connectivity index (χ2v) is 3.87. The van der Waals surface area contributed by atoms with Crippen LogP contribution in [0.3, 0.4) is 0 Å². The number of hydrogen-bond donors (Lipinski definition) is 1. The number of methoxy groups -OCH3 is 1. The Hall–Kier alpha value is -1.22. The molecule has 0 heterocycles. The fourth-order valence-corrected chi connectivity index (χ4v) is 1.44. The Kier molecular flexibility index (Phi) is 5.72. The highest BCUT2D eigenvalue weighted by molar-refractivity contribution is 5.46. The number of ether oxygens (including phenoxy) is 2. The van der Waals surface area contributed by atoms with E-state index in [1.165, 1.54) is 0 Å². The van der Waals surface area contributed by atoms with Crippen LogP contribution in [0.15, 0.2) is 24.3 Å². The van der Waals surface area contributed by atoms with Gasteiger partial charge in [-0.2, -0.15) is 0 Å². The third-order valence-corrected chi connectivity index (χ3v) is 2.16. The van der Waals surface area contributed by atoms with Gasteiger partial charge >= 0.3 is 0 Å². The fraction of sp³-hybridized carbons (Fsp3) is 0.538. The maximum absolute atomic E-state index is 5.51. The SMILES string of the molecule is CCCOc1ccc(NC(C)COC)cc1. The Labute approximate surface area is 97.8 Å². The second-order valence-electron chi connectivity index (χ2n) is 3.87. The summed E-state index contributed by atoms with van der Waals surface area (Å²) in [6, 6.07) is 8.33. The number of anilines is 1. The van der Waals surface area contributed by atoms with Crippen LogP contribution in [0.25, 0.3) is 0 Å². The van der Waals surface area contributed by atoms with E-state index in [0.29, 0.717) is 12.6 Å². The third-order valence-electron chi connectivity index (χ3n) is 2.16. The summed E-state index contributed by atoms with van der Waals surface area (Å²) in [5.74, 6) is 0.923. The van der Waals surface area contributed by atoms with Gasteiger partial charge in [-0.1, -0.05) is 6.92 Å². The lowest BCUT2D eigenvalue weighted by atomic mass is 10.2. The van der Waals surface area contributed by atoms with Gasteiger partial charge in [-0.25, -0.2) is 0 Å². The average molecular weight is 223 g/mol. The van der Waals surface area contributed by atoms with Crippen molar-refractivity contribution in [1.29, 1.82) is 0 Å². The highest BCUT2D eigenvalue weighted by atomic mass is 16.5. The van der Waals surface area contributed by atoms with Crippen molar-refractivity contribution < 1.29 is 9.47 Å². The molecule has 0 amide bonds. The topological polar surface area (TPSA) is 30.5 Å². The zero-order chi connectivity index (χ0) is 11.8. The van der Waals surface area contributed by atoms with Crippen LogP contribution in [0.1, 0.15) is 20.3 Å². The lowest BCUT2D eigenvalue weighted by Crippen LogP contribution is -2.20. The normalized spacial score (nSPS) is 12.2. The summed E-state index contributed by atoms with van der Waals surface area (Å²) in [6.07, 6.45) is 1.03. The van der Waals surface area contributed by atoms with Crippen LogP contribution in [0.2, 0.25) is 0 Å². The van der Waals surface area contributed by atoms with Gasteiger partial charge in [-0.15, -0.1) is 0 Å². The Morgan fingerprint density at radius 3 is 2.50 bits per heavy atom. The van der Waals surface area contributed by atoms with Gasteiger partial charge in [0.1, 0.15) is 5.75 Å². The van der Waals surface area contributed by atoms with Crippen molar-refractivity contribution in [2.24, 2.45) is 0 Å². The van der Waals surface area contributed by atoms with E-state index in [2.05, 4.69) is 19.2 Å². The van der Waals surface area contributed by atoms with E-state index in [0.717, 1.165) is 24.5 Å². The van der Waals surface area contributed by atoms with E-state index in [1.54, 1.807) is 7.11 Å². The molecular formula is C13H21NO2. The van der Waals surface area contributed by atoms with Gasteiger partial charge in [0.2, 0.25) is 0 Å². The summed E-state index contributed by atoms with van der Waals surface area (Å²) in [5, 5.41) is 3.35. The van der Waals surface area contributed by atoms with Crippen molar-refractivity contribution in [3.05, 3.63) is 24.3 Å². The molecule has 1 atom stereocenters. The third kappa shape index (κ3) is 4.53. The van der Waals surface area contributed by atoms with Crippen molar-refractivity contribution in [2.75, 3.05) is 25.6 Å². The molecule has 0 radical (unpaired) electrons. The lowest BCUT2D eigenvalue weighted by Gasteiger charge is -2.14. The molecule has 0 fully saturated rings. The minimum atomic E-state index is 0.312. The van der Waals surface area contributed by atoms with Gasteiger partial charge in [0.15, 0.2) is 0 Å². The number of rotatable bonds is 7. The molecule has 0 bridgehead atoms. The van der Waals surface area contributed by atoms with Crippen molar-refractivity contribution in [2.45, 2.75) is 26.3 Å². The largest absolute Gasteiger partial charge is 0.494 e. The van der Waals surface area contributed by atoms with Crippen LogP contribution in [-0.2, 0) is 4.74 Å². The van der Waals surface area contributed by atoms with E-state index in [1.807, 2.05) is 24.3 Å². The minimum absolute atomic E-state index is 0.312. The van der Waals surface area contributed by atoms with Gasteiger partial charge in [-0.05, 0) is 37.6 Å². The van der Waals surface area contributed by atoms with Crippen molar-refractivity contribution in [1.82, 2.24) is 0 Å². The summed E-state index contributed by atoms with van der Waals surface area (Å²) in [6.45, 7) is 5.66.